The Morgan fingerprint density at radius 2 is 2.12 bits per heavy atom. The number of nitrogens with zero attached hydrogens (tertiary/aromatic N) is 4. The third kappa shape index (κ3) is 7.68. The second-order valence-electron chi connectivity index (χ2n) is 6.48. The van der Waals surface area contributed by atoms with Gasteiger partial charge in [0.1, 0.15) is 0 Å². The van der Waals surface area contributed by atoms with Crippen LogP contribution in [0.5, 0.6) is 0 Å². The lowest BCUT2D eigenvalue weighted by molar-refractivity contribution is -0.143. The molecule has 1 aliphatic rings. The Labute approximate surface area is 169 Å². The van der Waals surface area contributed by atoms with E-state index < -0.39 is 12.7 Å². The van der Waals surface area contributed by atoms with Crippen LogP contribution in [0.3, 0.4) is 0 Å². The zero-order chi connectivity index (χ0) is 18.4. The summed E-state index contributed by atoms with van der Waals surface area (Å²) in [4.78, 5) is 5.57. The lowest BCUT2D eigenvalue weighted by Gasteiger charge is -2.19. The maximum absolute atomic E-state index is 12.4. The molecule has 1 aromatic heterocycles. The first kappa shape index (κ1) is 23.0. The molecule has 0 bridgehead atoms. The number of rotatable bonds is 6. The highest BCUT2D eigenvalue weighted by atomic mass is 127. The van der Waals surface area contributed by atoms with E-state index in [-0.39, 0.29) is 30.0 Å². The van der Waals surface area contributed by atoms with E-state index in [9.17, 15) is 13.2 Å². The third-order valence-electron chi connectivity index (χ3n) is 4.18. The summed E-state index contributed by atoms with van der Waals surface area (Å²) >= 11 is 0. The molecule has 1 saturated heterocycles. The number of nitrogens with one attached hydrogen (secondary N) is 2. The monoisotopic (exact) mass is 488 g/mol. The molecule has 2 heterocycles. The van der Waals surface area contributed by atoms with Gasteiger partial charge in [-0.25, -0.2) is 0 Å². The van der Waals surface area contributed by atoms with Crippen molar-refractivity contribution in [1.29, 1.82) is 0 Å². The molecule has 2 N–H and O–H groups in total. The van der Waals surface area contributed by atoms with Crippen LogP contribution in [0.2, 0.25) is 0 Å². The first-order valence-electron chi connectivity index (χ1n) is 8.54. The van der Waals surface area contributed by atoms with Crippen molar-refractivity contribution >= 4 is 29.9 Å². The summed E-state index contributed by atoms with van der Waals surface area (Å²) in [6.07, 6.45) is -2.58. The van der Waals surface area contributed by atoms with Gasteiger partial charge in [0.15, 0.2) is 5.96 Å². The van der Waals surface area contributed by atoms with Crippen molar-refractivity contribution in [2.75, 3.05) is 33.2 Å². The van der Waals surface area contributed by atoms with Gasteiger partial charge >= 0.3 is 6.18 Å². The molecule has 10 heteroatoms. The SMILES string of the molecule is CN=C(NCCCn1nc(C)cc1C)NC1CCN(CC(F)(F)F)C1.I. The van der Waals surface area contributed by atoms with Crippen molar-refractivity contribution < 1.29 is 13.2 Å². The van der Waals surface area contributed by atoms with Crippen LogP contribution in [0.15, 0.2) is 11.1 Å². The molecule has 1 aromatic rings. The number of likely N-dealkylation sites (tertiary alicyclic amines) is 1. The molecule has 1 unspecified atom stereocenters. The van der Waals surface area contributed by atoms with E-state index in [1.807, 2.05) is 24.6 Å². The molecule has 0 aromatic carbocycles. The van der Waals surface area contributed by atoms with Crippen molar-refractivity contribution in [3.8, 4) is 0 Å². The second-order valence-corrected chi connectivity index (χ2v) is 6.48. The van der Waals surface area contributed by atoms with E-state index in [1.165, 1.54) is 4.90 Å². The number of halogens is 4. The molecule has 0 amide bonds. The second kappa shape index (κ2) is 10.3. The van der Waals surface area contributed by atoms with Crippen LogP contribution in [-0.4, -0.2) is 66.1 Å². The van der Waals surface area contributed by atoms with Crippen molar-refractivity contribution in [3.63, 3.8) is 0 Å². The lowest BCUT2D eigenvalue weighted by atomic mass is 10.3. The number of guanidine groups is 1. The number of hydrogen-bond donors (Lipinski definition) is 2. The molecule has 26 heavy (non-hydrogen) atoms. The number of aromatic nitrogens is 2. The first-order valence-corrected chi connectivity index (χ1v) is 8.54. The van der Waals surface area contributed by atoms with Gasteiger partial charge in [0.2, 0.25) is 0 Å². The molecule has 1 atom stereocenters. The number of hydrogen-bond acceptors (Lipinski definition) is 3. The van der Waals surface area contributed by atoms with Crippen LogP contribution in [0.1, 0.15) is 24.2 Å². The summed E-state index contributed by atoms with van der Waals surface area (Å²) in [5, 5.41) is 10.8. The van der Waals surface area contributed by atoms with Gasteiger partial charge in [-0.2, -0.15) is 18.3 Å². The maximum atomic E-state index is 12.4. The van der Waals surface area contributed by atoms with Gasteiger partial charge in [-0.3, -0.25) is 14.6 Å². The minimum absolute atomic E-state index is 0. The van der Waals surface area contributed by atoms with Crippen LogP contribution >= 0.6 is 24.0 Å². The molecule has 0 spiro atoms. The highest BCUT2D eigenvalue weighted by molar-refractivity contribution is 14.0. The summed E-state index contributed by atoms with van der Waals surface area (Å²) in [6, 6.07) is 2.03. The number of aliphatic imine (C=N–C) groups is 1. The normalized spacial score (nSPS) is 18.7. The Morgan fingerprint density at radius 3 is 2.69 bits per heavy atom. The van der Waals surface area contributed by atoms with E-state index in [4.69, 9.17) is 0 Å². The smallest absolute Gasteiger partial charge is 0.356 e. The number of aryl methyl sites for hydroxylation is 3. The standard InChI is InChI=1S/C16H27F3N6.HI/c1-12-9-13(2)25(23-12)7-4-6-21-15(20-3)22-14-5-8-24(10-14)11-16(17,18)19;/h9,14H,4-8,10-11H2,1-3H3,(H2,20,21,22);1H. The minimum atomic E-state index is -4.14. The molecule has 0 saturated carbocycles. The molecule has 2 rings (SSSR count). The van der Waals surface area contributed by atoms with Crippen LogP contribution in [0.4, 0.5) is 13.2 Å². The zero-order valence-electron chi connectivity index (χ0n) is 15.4. The fraction of sp³-hybridized carbons (Fsp3) is 0.750. The van der Waals surface area contributed by atoms with Gasteiger partial charge in [-0.1, -0.05) is 0 Å². The van der Waals surface area contributed by atoms with E-state index in [2.05, 4.69) is 20.7 Å². The summed E-state index contributed by atoms with van der Waals surface area (Å²) in [7, 11) is 1.67. The van der Waals surface area contributed by atoms with Gasteiger partial charge in [-0.05, 0) is 32.8 Å². The van der Waals surface area contributed by atoms with Crippen molar-refractivity contribution in [2.45, 2.75) is 45.5 Å². The van der Waals surface area contributed by atoms with Gasteiger partial charge < -0.3 is 10.6 Å². The summed E-state index contributed by atoms with van der Waals surface area (Å²) in [5.74, 6) is 0.632. The minimum Gasteiger partial charge on any atom is -0.356 e. The van der Waals surface area contributed by atoms with Crippen LogP contribution in [0.25, 0.3) is 0 Å². The van der Waals surface area contributed by atoms with E-state index in [0.717, 1.165) is 30.9 Å². The Morgan fingerprint density at radius 1 is 1.38 bits per heavy atom. The van der Waals surface area contributed by atoms with Crippen LogP contribution in [0, 0.1) is 13.8 Å². The average Bonchev–Trinajstić information content (AvgIpc) is 3.06. The van der Waals surface area contributed by atoms with Crippen LogP contribution in [-0.2, 0) is 6.54 Å². The van der Waals surface area contributed by atoms with Crippen molar-refractivity contribution in [2.24, 2.45) is 4.99 Å². The molecule has 6 nitrogen and oxygen atoms in total. The maximum Gasteiger partial charge on any atom is 0.401 e. The van der Waals surface area contributed by atoms with Crippen molar-refractivity contribution in [1.82, 2.24) is 25.3 Å². The Kier molecular flexibility index (Phi) is 9.14. The van der Waals surface area contributed by atoms with Crippen molar-refractivity contribution in [3.05, 3.63) is 17.5 Å². The van der Waals surface area contributed by atoms with E-state index >= 15 is 0 Å². The highest BCUT2D eigenvalue weighted by Gasteiger charge is 2.34. The fourth-order valence-electron chi connectivity index (χ4n) is 3.07. The number of alkyl halides is 3. The largest absolute Gasteiger partial charge is 0.401 e. The topological polar surface area (TPSA) is 57.5 Å². The summed E-state index contributed by atoms with van der Waals surface area (Å²) in [5.41, 5.74) is 2.14. The lowest BCUT2D eigenvalue weighted by Crippen LogP contribution is -2.45. The quantitative estimate of drug-likeness (QED) is 0.280. The predicted molar refractivity (Wildman–Crippen MR) is 107 cm³/mol. The Hall–Kier alpha value is -1.04. The molecule has 1 aliphatic heterocycles. The molecule has 1 fully saturated rings. The van der Waals surface area contributed by atoms with E-state index in [0.29, 0.717) is 25.5 Å². The van der Waals surface area contributed by atoms with Crippen LogP contribution < -0.4 is 10.6 Å². The molecular formula is C16H28F3IN6. The molecular weight excluding hydrogens is 460 g/mol. The van der Waals surface area contributed by atoms with Gasteiger partial charge in [0.05, 0.1) is 12.2 Å². The third-order valence-corrected chi connectivity index (χ3v) is 4.18. The first-order chi connectivity index (χ1) is 11.8. The molecule has 0 radical (unpaired) electrons. The highest BCUT2D eigenvalue weighted by Crippen LogP contribution is 2.19. The molecule has 150 valence electrons. The fourth-order valence-corrected chi connectivity index (χ4v) is 3.07. The summed E-state index contributed by atoms with van der Waals surface area (Å²) in [6.45, 7) is 5.51. The Bertz CT molecular complexity index is 587. The zero-order valence-corrected chi connectivity index (χ0v) is 17.8. The predicted octanol–water partition coefficient (Wildman–Crippen LogP) is 2.31. The summed E-state index contributed by atoms with van der Waals surface area (Å²) < 4.78 is 39.3. The van der Waals surface area contributed by atoms with E-state index in [1.54, 1.807) is 7.05 Å². The van der Waals surface area contributed by atoms with Gasteiger partial charge in [0.25, 0.3) is 0 Å². The average molecular weight is 488 g/mol. The van der Waals surface area contributed by atoms with Gasteiger partial charge in [0, 0.05) is 45.0 Å². The Balaban J connectivity index is 0.00000338. The van der Waals surface area contributed by atoms with Gasteiger partial charge in [-0.15, -0.1) is 24.0 Å². The molecule has 0 aliphatic carbocycles.